The largest absolute Gasteiger partial charge is 0.312 e. The van der Waals surface area contributed by atoms with Gasteiger partial charge in [-0.1, -0.05) is 40.6 Å². The van der Waals surface area contributed by atoms with Gasteiger partial charge in [0.15, 0.2) is 0 Å². The Labute approximate surface area is 116 Å². The number of unbranched alkanes of at least 4 members (excludes halogenated alkanes) is 2. The smallest absolute Gasteiger partial charge is 0.131 e. The van der Waals surface area contributed by atoms with Gasteiger partial charge in [0.2, 0.25) is 0 Å². The van der Waals surface area contributed by atoms with E-state index in [9.17, 15) is 0 Å². The minimum Gasteiger partial charge on any atom is -0.312 e. The van der Waals surface area contributed by atoms with Crippen LogP contribution in [0.3, 0.4) is 0 Å². The van der Waals surface area contributed by atoms with Crippen LogP contribution in [-0.2, 0) is 13.6 Å². The van der Waals surface area contributed by atoms with E-state index in [0.717, 1.165) is 29.5 Å². The van der Waals surface area contributed by atoms with Crippen LogP contribution in [0.5, 0.6) is 0 Å². The van der Waals surface area contributed by atoms with E-state index in [0.29, 0.717) is 0 Å². The fourth-order valence-corrected chi connectivity index (χ4v) is 2.39. The first kappa shape index (κ1) is 14.3. The fraction of sp³-hybridized carbons (Fsp3) is 0.727. The van der Waals surface area contributed by atoms with Gasteiger partial charge in [0.05, 0.1) is 5.69 Å². The number of nitrogens with zero attached hydrogens (tertiary/aromatic N) is 2. The molecular weight excluding hydrogens is 336 g/mol. The summed E-state index contributed by atoms with van der Waals surface area (Å²) >= 11 is 8.56. The number of halogens is 2. The molecule has 92 valence electrons. The van der Waals surface area contributed by atoms with Gasteiger partial charge in [-0.05, 0) is 30.7 Å². The number of hydrogen-bond donors (Lipinski definition) is 1. The van der Waals surface area contributed by atoms with Gasteiger partial charge in [0.25, 0.3) is 0 Å². The van der Waals surface area contributed by atoms with Crippen molar-refractivity contribution >= 4 is 34.2 Å². The lowest BCUT2D eigenvalue weighted by Gasteiger charge is -2.04. The third-order valence-corrected chi connectivity index (χ3v) is 3.79. The Balaban J connectivity index is 2.26. The molecule has 0 saturated heterocycles. The normalized spacial score (nSPS) is 11.0. The van der Waals surface area contributed by atoms with Crippen molar-refractivity contribution in [2.24, 2.45) is 7.05 Å². The van der Waals surface area contributed by atoms with Crippen LogP contribution >= 0.6 is 34.2 Å². The lowest BCUT2D eigenvalue weighted by atomic mass is 10.2. The van der Waals surface area contributed by atoms with Gasteiger partial charge in [-0.15, -0.1) is 0 Å². The number of rotatable bonds is 7. The molecular formula is C11H19ClIN3. The van der Waals surface area contributed by atoms with Gasteiger partial charge in [-0.3, -0.25) is 4.68 Å². The van der Waals surface area contributed by atoms with E-state index in [4.69, 9.17) is 11.6 Å². The maximum atomic E-state index is 6.14. The van der Waals surface area contributed by atoms with Crippen molar-refractivity contribution < 1.29 is 0 Å². The number of alkyl halides is 1. The summed E-state index contributed by atoms with van der Waals surface area (Å²) in [4.78, 5) is 0. The SMILES string of the molecule is Cc1nn(C)c(Cl)c1CNCCCCCI. The van der Waals surface area contributed by atoms with Crippen molar-refractivity contribution in [3.63, 3.8) is 0 Å². The van der Waals surface area contributed by atoms with E-state index in [1.165, 1.54) is 23.7 Å². The Hall–Kier alpha value is 0.190. The number of aromatic nitrogens is 2. The highest BCUT2D eigenvalue weighted by atomic mass is 127. The van der Waals surface area contributed by atoms with Crippen molar-refractivity contribution in [1.29, 1.82) is 0 Å². The molecule has 3 nitrogen and oxygen atoms in total. The van der Waals surface area contributed by atoms with Crippen molar-refractivity contribution in [3.05, 3.63) is 16.4 Å². The molecule has 0 aromatic carbocycles. The quantitative estimate of drug-likeness (QED) is 0.463. The van der Waals surface area contributed by atoms with Crippen LogP contribution in [0.15, 0.2) is 0 Å². The molecule has 0 aliphatic heterocycles. The zero-order valence-corrected chi connectivity index (χ0v) is 12.8. The van der Waals surface area contributed by atoms with E-state index in [1.807, 2.05) is 14.0 Å². The molecule has 0 spiro atoms. The first-order valence-electron chi connectivity index (χ1n) is 5.61. The van der Waals surface area contributed by atoms with Gasteiger partial charge in [0.1, 0.15) is 5.15 Å². The van der Waals surface area contributed by atoms with Crippen LogP contribution in [0.4, 0.5) is 0 Å². The average Bonchev–Trinajstić information content (AvgIpc) is 2.49. The van der Waals surface area contributed by atoms with E-state index in [1.54, 1.807) is 4.68 Å². The zero-order valence-electron chi connectivity index (χ0n) is 9.89. The van der Waals surface area contributed by atoms with Crippen LogP contribution in [0, 0.1) is 6.92 Å². The second-order valence-electron chi connectivity index (χ2n) is 3.90. The third kappa shape index (κ3) is 4.22. The summed E-state index contributed by atoms with van der Waals surface area (Å²) in [6, 6.07) is 0. The Morgan fingerprint density at radius 2 is 2.12 bits per heavy atom. The summed E-state index contributed by atoms with van der Waals surface area (Å²) in [5.74, 6) is 0. The molecule has 0 atom stereocenters. The van der Waals surface area contributed by atoms with Crippen LogP contribution in [0.25, 0.3) is 0 Å². The predicted octanol–water partition coefficient (Wildman–Crippen LogP) is 3.08. The Bertz CT molecular complexity index is 325. The third-order valence-electron chi connectivity index (χ3n) is 2.56. The standard InChI is InChI=1S/C11H19ClIN3/c1-9-10(11(12)16(2)15-9)8-14-7-5-3-4-6-13/h14H,3-8H2,1-2H3. The first-order valence-corrected chi connectivity index (χ1v) is 7.51. The predicted molar refractivity (Wildman–Crippen MR) is 77.4 cm³/mol. The molecule has 0 saturated carbocycles. The second kappa shape index (κ2) is 7.50. The minimum atomic E-state index is 0.747. The molecule has 1 aromatic heterocycles. The maximum Gasteiger partial charge on any atom is 0.131 e. The molecule has 0 unspecified atom stereocenters. The van der Waals surface area contributed by atoms with Crippen molar-refractivity contribution in [2.75, 3.05) is 11.0 Å². The monoisotopic (exact) mass is 355 g/mol. The van der Waals surface area contributed by atoms with E-state index < -0.39 is 0 Å². The molecule has 1 heterocycles. The fourth-order valence-electron chi connectivity index (χ4n) is 1.61. The molecule has 0 aliphatic rings. The molecule has 0 aliphatic carbocycles. The summed E-state index contributed by atoms with van der Waals surface area (Å²) in [6.45, 7) is 3.88. The summed E-state index contributed by atoms with van der Waals surface area (Å²) in [6.07, 6.45) is 3.85. The van der Waals surface area contributed by atoms with Gasteiger partial charge in [-0.25, -0.2) is 0 Å². The summed E-state index contributed by atoms with van der Waals surface area (Å²) in [7, 11) is 1.87. The Kier molecular flexibility index (Phi) is 6.68. The van der Waals surface area contributed by atoms with Crippen LogP contribution < -0.4 is 5.32 Å². The lowest BCUT2D eigenvalue weighted by molar-refractivity contribution is 0.619. The molecule has 0 bridgehead atoms. The molecule has 5 heteroatoms. The van der Waals surface area contributed by atoms with Gasteiger partial charge < -0.3 is 5.32 Å². The van der Waals surface area contributed by atoms with E-state index in [2.05, 4.69) is 33.0 Å². The molecule has 1 aromatic rings. The van der Waals surface area contributed by atoms with Crippen molar-refractivity contribution in [2.45, 2.75) is 32.7 Å². The maximum absolute atomic E-state index is 6.14. The Morgan fingerprint density at radius 1 is 1.38 bits per heavy atom. The van der Waals surface area contributed by atoms with Gasteiger partial charge in [0, 0.05) is 19.2 Å². The van der Waals surface area contributed by atoms with Crippen LogP contribution in [0.1, 0.15) is 30.5 Å². The number of hydrogen-bond acceptors (Lipinski definition) is 2. The second-order valence-corrected chi connectivity index (χ2v) is 5.34. The average molecular weight is 356 g/mol. The van der Waals surface area contributed by atoms with Gasteiger partial charge in [-0.2, -0.15) is 5.10 Å². The molecule has 1 N–H and O–H groups in total. The molecule has 0 fully saturated rings. The summed E-state index contributed by atoms with van der Waals surface area (Å²) in [5.41, 5.74) is 2.14. The highest BCUT2D eigenvalue weighted by Gasteiger charge is 2.09. The minimum absolute atomic E-state index is 0.747. The van der Waals surface area contributed by atoms with Crippen LogP contribution in [-0.4, -0.2) is 20.8 Å². The number of aryl methyl sites for hydroxylation is 2. The molecule has 1 rings (SSSR count). The summed E-state index contributed by atoms with van der Waals surface area (Å²) in [5, 5.41) is 8.45. The zero-order chi connectivity index (χ0) is 12.0. The van der Waals surface area contributed by atoms with E-state index >= 15 is 0 Å². The first-order chi connectivity index (χ1) is 7.66. The molecule has 0 radical (unpaired) electrons. The highest BCUT2D eigenvalue weighted by Crippen LogP contribution is 2.17. The molecule has 0 amide bonds. The van der Waals surface area contributed by atoms with Crippen molar-refractivity contribution in [1.82, 2.24) is 15.1 Å². The lowest BCUT2D eigenvalue weighted by Crippen LogP contribution is -2.15. The van der Waals surface area contributed by atoms with E-state index in [-0.39, 0.29) is 0 Å². The topological polar surface area (TPSA) is 29.9 Å². The highest BCUT2D eigenvalue weighted by molar-refractivity contribution is 14.1. The summed E-state index contributed by atoms with van der Waals surface area (Å²) < 4.78 is 2.98. The van der Waals surface area contributed by atoms with Gasteiger partial charge >= 0.3 is 0 Å². The Morgan fingerprint density at radius 3 is 2.69 bits per heavy atom. The number of nitrogens with one attached hydrogen (secondary N) is 1. The van der Waals surface area contributed by atoms with Crippen molar-refractivity contribution in [3.8, 4) is 0 Å². The molecule has 16 heavy (non-hydrogen) atoms. The van der Waals surface area contributed by atoms with Crippen LogP contribution in [0.2, 0.25) is 5.15 Å².